The lowest BCUT2D eigenvalue weighted by Crippen LogP contribution is -2.43. The molecule has 0 unspecified atom stereocenters. The first-order valence-electron chi connectivity index (χ1n) is 11.4. The fraction of sp³-hybridized carbons (Fsp3) is 0.280. The maximum Gasteiger partial charge on any atom is 0.237 e. The fourth-order valence-corrected chi connectivity index (χ4v) is 4.51. The molecule has 180 valence electrons. The van der Waals surface area contributed by atoms with Gasteiger partial charge in [-0.3, -0.25) is 9.69 Å². The van der Waals surface area contributed by atoms with Crippen molar-refractivity contribution in [1.29, 1.82) is 0 Å². The number of nitrogens with one attached hydrogen (secondary N) is 1. The van der Waals surface area contributed by atoms with Crippen LogP contribution in [0.15, 0.2) is 71.4 Å². The van der Waals surface area contributed by atoms with Crippen LogP contribution in [0.1, 0.15) is 23.8 Å². The summed E-state index contributed by atoms with van der Waals surface area (Å²) >= 11 is 5.99. The molecule has 10 heteroatoms. The third-order valence-electron chi connectivity index (χ3n) is 6.20. The second kappa shape index (κ2) is 10.4. The molecule has 2 atom stereocenters. The second-order valence-electron chi connectivity index (χ2n) is 8.56. The molecule has 1 N–H and O–H groups in total. The van der Waals surface area contributed by atoms with E-state index in [1.54, 1.807) is 23.1 Å². The molecule has 3 heterocycles. The molecule has 5 rings (SSSR count). The average molecular weight is 495 g/mol. The maximum absolute atomic E-state index is 13.1. The first kappa shape index (κ1) is 23.2. The van der Waals surface area contributed by atoms with Crippen molar-refractivity contribution in [3.63, 3.8) is 0 Å². The minimum absolute atomic E-state index is 0.0245. The Morgan fingerprint density at radius 2 is 1.91 bits per heavy atom. The van der Waals surface area contributed by atoms with Gasteiger partial charge in [0.05, 0.1) is 18.6 Å². The van der Waals surface area contributed by atoms with E-state index in [1.165, 1.54) is 12.1 Å². The third kappa shape index (κ3) is 5.58. The van der Waals surface area contributed by atoms with E-state index in [0.717, 1.165) is 22.6 Å². The summed E-state index contributed by atoms with van der Waals surface area (Å²) in [7, 11) is 0. The summed E-state index contributed by atoms with van der Waals surface area (Å²) in [6.07, 6.45) is 2.78. The van der Waals surface area contributed by atoms with Gasteiger partial charge in [-0.1, -0.05) is 23.7 Å². The van der Waals surface area contributed by atoms with Crippen LogP contribution in [0.5, 0.6) is 0 Å². The van der Waals surface area contributed by atoms with Crippen molar-refractivity contribution in [2.45, 2.75) is 31.5 Å². The van der Waals surface area contributed by atoms with Gasteiger partial charge in [0.1, 0.15) is 23.7 Å². The van der Waals surface area contributed by atoms with Crippen molar-refractivity contribution in [3.8, 4) is 11.3 Å². The van der Waals surface area contributed by atoms with Gasteiger partial charge in [-0.05, 0) is 77.4 Å². The molecule has 0 spiro atoms. The molecule has 8 nitrogen and oxygen atoms in total. The van der Waals surface area contributed by atoms with Gasteiger partial charge in [0.2, 0.25) is 5.91 Å². The molecular formula is C25H24ClFN6O2. The van der Waals surface area contributed by atoms with E-state index >= 15 is 0 Å². The van der Waals surface area contributed by atoms with Crippen LogP contribution in [0.3, 0.4) is 0 Å². The van der Waals surface area contributed by atoms with Crippen molar-refractivity contribution in [2.75, 3.05) is 13.1 Å². The highest BCUT2D eigenvalue weighted by Crippen LogP contribution is 2.30. The van der Waals surface area contributed by atoms with Gasteiger partial charge in [0.15, 0.2) is 0 Å². The summed E-state index contributed by atoms with van der Waals surface area (Å²) in [5, 5.41) is 15.2. The Morgan fingerprint density at radius 1 is 1.11 bits per heavy atom. The molecule has 0 radical (unpaired) electrons. The van der Waals surface area contributed by atoms with Crippen LogP contribution in [0, 0.1) is 5.82 Å². The average Bonchev–Trinajstić information content (AvgIpc) is 3.62. The summed E-state index contributed by atoms with van der Waals surface area (Å²) < 4.78 is 20.9. The van der Waals surface area contributed by atoms with Crippen LogP contribution in [0.2, 0.25) is 5.02 Å². The molecule has 1 aliphatic rings. The molecule has 2 aromatic carbocycles. The Hall–Kier alpha value is -3.56. The molecule has 1 aliphatic heterocycles. The van der Waals surface area contributed by atoms with Gasteiger partial charge in [-0.2, -0.15) is 0 Å². The van der Waals surface area contributed by atoms with E-state index in [1.807, 2.05) is 36.4 Å². The van der Waals surface area contributed by atoms with Crippen molar-refractivity contribution in [3.05, 3.63) is 89.2 Å². The summed E-state index contributed by atoms with van der Waals surface area (Å²) in [5.41, 5.74) is 1.90. The first-order valence-corrected chi connectivity index (χ1v) is 11.8. The number of tetrazole rings is 1. The van der Waals surface area contributed by atoms with Crippen molar-refractivity contribution < 1.29 is 13.6 Å². The van der Waals surface area contributed by atoms with Crippen molar-refractivity contribution >= 4 is 17.5 Å². The number of halogens is 2. The lowest BCUT2D eigenvalue weighted by molar-refractivity contribution is -0.125. The Morgan fingerprint density at radius 3 is 2.66 bits per heavy atom. The number of furan rings is 1. The predicted octanol–water partition coefficient (Wildman–Crippen LogP) is 3.90. The lowest BCUT2D eigenvalue weighted by atomic mass is 10.1. The second-order valence-corrected chi connectivity index (χ2v) is 9.00. The van der Waals surface area contributed by atoms with Crippen LogP contribution < -0.4 is 5.32 Å². The summed E-state index contributed by atoms with van der Waals surface area (Å²) in [5.74, 6) is 1.17. The van der Waals surface area contributed by atoms with Crippen LogP contribution >= 0.6 is 11.6 Å². The minimum Gasteiger partial charge on any atom is -0.460 e. The van der Waals surface area contributed by atoms with E-state index in [0.29, 0.717) is 37.5 Å². The number of benzene rings is 2. The lowest BCUT2D eigenvalue weighted by Gasteiger charge is -2.22. The molecular weight excluding hydrogens is 471 g/mol. The van der Waals surface area contributed by atoms with Crippen LogP contribution in [0.25, 0.3) is 11.3 Å². The number of carbonyl (C=O) groups is 1. The first-order chi connectivity index (χ1) is 17.0. The standard InChI is InChI=1S/C25H24ClFN6O2/c26-19-5-3-18(4-6-19)24-10-9-22(35-24)15-32-14-21(33-16-29-30-31-33)13-23(32)25(34)28-12-11-17-1-7-20(27)8-2-17/h1-10,16,21,23H,11-15H2,(H,28,34)/t21-,23+/m1/s1. The normalized spacial score (nSPS) is 18.1. The van der Waals surface area contributed by atoms with Crippen LogP contribution in [-0.2, 0) is 17.8 Å². The SMILES string of the molecule is O=C(NCCc1ccc(F)cc1)[C@@H]1C[C@@H](n2cnnn2)CN1Cc1ccc(-c2ccc(Cl)cc2)o1. The molecule has 0 aliphatic carbocycles. The number of carbonyl (C=O) groups excluding carboxylic acids is 1. The molecule has 0 bridgehead atoms. The number of nitrogens with zero attached hydrogens (tertiary/aromatic N) is 5. The van der Waals surface area contributed by atoms with E-state index in [-0.39, 0.29) is 23.8 Å². The Balaban J connectivity index is 1.26. The zero-order chi connectivity index (χ0) is 24.2. The quantitative estimate of drug-likeness (QED) is 0.399. The topological polar surface area (TPSA) is 89.1 Å². The van der Waals surface area contributed by atoms with Gasteiger partial charge in [0.25, 0.3) is 0 Å². The fourth-order valence-electron chi connectivity index (χ4n) is 4.39. The number of rotatable bonds is 8. The highest BCUT2D eigenvalue weighted by molar-refractivity contribution is 6.30. The van der Waals surface area contributed by atoms with Crippen LogP contribution in [-0.4, -0.2) is 50.1 Å². The summed E-state index contributed by atoms with van der Waals surface area (Å²) in [6.45, 7) is 1.55. The monoisotopic (exact) mass is 494 g/mol. The van der Waals surface area contributed by atoms with Crippen molar-refractivity contribution in [2.24, 2.45) is 0 Å². The Labute approximate surface area is 206 Å². The third-order valence-corrected chi connectivity index (χ3v) is 6.45. The van der Waals surface area contributed by atoms with Gasteiger partial charge in [-0.25, -0.2) is 9.07 Å². The van der Waals surface area contributed by atoms with E-state index < -0.39 is 0 Å². The smallest absolute Gasteiger partial charge is 0.237 e. The van der Waals surface area contributed by atoms with Gasteiger partial charge in [-0.15, -0.1) is 5.10 Å². The zero-order valence-electron chi connectivity index (χ0n) is 18.8. The number of amides is 1. The van der Waals surface area contributed by atoms with Gasteiger partial charge in [0, 0.05) is 23.7 Å². The predicted molar refractivity (Wildman–Crippen MR) is 128 cm³/mol. The molecule has 1 saturated heterocycles. The summed E-state index contributed by atoms with van der Waals surface area (Å²) in [4.78, 5) is 15.2. The van der Waals surface area contributed by atoms with Crippen LogP contribution in [0.4, 0.5) is 4.39 Å². The minimum atomic E-state index is -0.360. The number of aromatic nitrogens is 4. The van der Waals surface area contributed by atoms with Crippen molar-refractivity contribution in [1.82, 2.24) is 30.4 Å². The summed E-state index contributed by atoms with van der Waals surface area (Å²) in [6, 6.07) is 17.2. The zero-order valence-corrected chi connectivity index (χ0v) is 19.6. The highest BCUT2D eigenvalue weighted by atomic mass is 35.5. The molecule has 35 heavy (non-hydrogen) atoms. The largest absolute Gasteiger partial charge is 0.460 e. The van der Waals surface area contributed by atoms with E-state index in [2.05, 4.69) is 25.7 Å². The maximum atomic E-state index is 13.1. The molecule has 1 fully saturated rings. The molecule has 1 amide bonds. The molecule has 2 aromatic heterocycles. The Bertz CT molecular complexity index is 1260. The molecule has 4 aromatic rings. The number of hydrogen-bond acceptors (Lipinski definition) is 6. The molecule has 0 saturated carbocycles. The number of hydrogen-bond donors (Lipinski definition) is 1. The van der Waals surface area contributed by atoms with E-state index in [4.69, 9.17) is 16.0 Å². The Kier molecular flexibility index (Phi) is 6.87. The van der Waals surface area contributed by atoms with E-state index in [9.17, 15) is 9.18 Å². The van der Waals surface area contributed by atoms with Gasteiger partial charge < -0.3 is 9.73 Å². The highest BCUT2D eigenvalue weighted by Gasteiger charge is 2.38. The van der Waals surface area contributed by atoms with Gasteiger partial charge >= 0.3 is 0 Å². The number of likely N-dealkylation sites (tertiary alicyclic amines) is 1.